The van der Waals surface area contributed by atoms with Gasteiger partial charge in [-0.2, -0.15) is 4.98 Å². The van der Waals surface area contributed by atoms with Gasteiger partial charge < -0.3 is 9.80 Å². The highest BCUT2D eigenvalue weighted by atomic mass is 35.5. The van der Waals surface area contributed by atoms with Crippen molar-refractivity contribution >= 4 is 17.5 Å². The quantitative estimate of drug-likeness (QED) is 0.698. The van der Waals surface area contributed by atoms with Gasteiger partial charge in [-0.15, -0.1) is 0 Å². The lowest BCUT2D eigenvalue weighted by Gasteiger charge is -2.32. The second kappa shape index (κ2) is 4.51. The molecular weight excluding hydrogens is 231 g/mol. The largest absolute Gasteiger partial charge is 0.338 e. The highest BCUT2D eigenvalue weighted by Crippen LogP contribution is 2.19. The molecule has 1 aliphatic rings. The van der Waals surface area contributed by atoms with Gasteiger partial charge in [0, 0.05) is 26.2 Å². The van der Waals surface area contributed by atoms with Gasteiger partial charge in [0.05, 0.1) is 5.69 Å². The van der Waals surface area contributed by atoms with Crippen LogP contribution in [0.25, 0.3) is 0 Å². The van der Waals surface area contributed by atoms with E-state index >= 15 is 0 Å². The lowest BCUT2D eigenvalue weighted by molar-refractivity contribution is 0.311. The minimum absolute atomic E-state index is 0.0959. The average molecular weight is 245 g/mol. The zero-order valence-corrected chi connectivity index (χ0v) is 10.1. The van der Waals surface area contributed by atoms with Gasteiger partial charge in [0.2, 0.25) is 5.95 Å². The molecule has 1 fully saturated rings. The first-order chi connectivity index (χ1) is 7.58. The molecule has 0 amide bonds. The third-order valence-corrected chi connectivity index (χ3v) is 3.00. The lowest BCUT2D eigenvalue weighted by Crippen LogP contribution is -2.45. The number of rotatable bonds is 1. The van der Waals surface area contributed by atoms with E-state index in [0.717, 1.165) is 26.2 Å². The minimum atomic E-state index is -0.528. The Kier molecular flexibility index (Phi) is 3.25. The Morgan fingerprint density at radius 2 is 1.81 bits per heavy atom. The second-order valence-electron chi connectivity index (χ2n) is 4.00. The first-order valence-electron chi connectivity index (χ1n) is 5.21. The number of aromatic nitrogens is 2. The molecule has 2 rings (SSSR count). The van der Waals surface area contributed by atoms with Crippen LogP contribution in [0, 0.1) is 12.7 Å². The molecule has 0 aliphatic carbocycles. The van der Waals surface area contributed by atoms with E-state index in [2.05, 4.69) is 21.9 Å². The zero-order chi connectivity index (χ0) is 11.7. The van der Waals surface area contributed by atoms with E-state index in [1.54, 1.807) is 6.92 Å². The summed E-state index contributed by atoms with van der Waals surface area (Å²) in [4.78, 5) is 12.3. The molecule has 6 heteroatoms. The highest BCUT2D eigenvalue weighted by molar-refractivity contribution is 6.29. The Bertz CT molecular complexity index is 367. The molecule has 0 bridgehead atoms. The smallest absolute Gasteiger partial charge is 0.227 e. The topological polar surface area (TPSA) is 32.3 Å². The van der Waals surface area contributed by atoms with Crippen LogP contribution in [0.3, 0.4) is 0 Å². The monoisotopic (exact) mass is 244 g/mol. The number of likely N-dealkylation sites (N-methyl/N-ethyl adjacent to an activating group) is 1. The molecule has 1 aromatic rings. The summed E-state index contributed by atoms with van der Waals surface area (Å²) in [6.07, 6.45) is 0. The third kappa shape index (κ3) is 2.25. The lowest BCUT2D eigenvalue weighted by atomic mass is 10.3. The van der Waals surface area contributed by atoms with Crippen molar-refractivity contribution in [1.29, 1.82) is 0 Å². The molecule has 2 heterocycles. The van der Waals surface area contributed by atoms with Crippen LogP contribution in [0.1, 0.15) is 5.69 Å². The Hall–Kier alpha value is -0.940. The van der Waals surface area contributed by atoms with Crippen molar-refractivity contribution in [3.05, 3.63) is 16.7 Å². The van der Waals surface area contributed by atoms with Crippen molar-refractivity contribution in [2.45, 2.75) is 6.92 Å². The summed E-state index contributed by atoms with van der Waals surface area (Å²) >= 11 is 5.70. The average Bonchev–Trinajstić information content (AvgIpc) is 2.26. The van der Waals surface area contributed by atoms with Gasteiger partial charge in [-0.25, -0.2) is 9.37 Å². The predicted molar refractivity (Wildman–Crippen MR) is 61.4 cm³/mol. The van der Waals surface area contributed by atoms with Crippen LogP contribution in [0.15, 0.2) is 0 Å². The van der Waals surface area contributed by atoms with Gasteiger partial charge in [-0.3, -0.25) is 0 Å². The summed E-state index contributed by atoms with van der Waals surface area (Å²) in [5, 5.41) is -0.0959. The van der Waals surface area contributed by atoms with Crippen LogP contribution in [0.4, 0.5) is 10.3 Å². The van der Waals surface area contributed by atoms with Gasteiger partial charge >= 0.3 is 0 Å². The molecule has 0 spiro atoms. The molecule has 1 aromatic heterocycles. The van der Waals surface area contributed by atoms with Crippen molar-refractivity contribution in [1.82, 2.24) is 14.9 Å². The molecule has 88 valence electrons. The predicted octanol–water partition coefficient (Wildman–Crippen LogP) is 1.33. The molecule has 4 nitrogen and oxygen atoms in total. The number of nitrogens with zero attached hydrogens (tertiary/aromatic N) is 4. The van der Waals surface area contributed by atoms with E-state index in [1.165, 1.54) is 0 Å². The van der Waals surface area contributed by atoms with Gasteiger partial charge in [0.25, 0.3) is 0 Å². The van der Waals surface area contributed by atoms with E-state index in [-0.39, 0.29) is 5.15 Å². The summed E-state index contributed by atoms with van der Waals surface area (Å²) in [5.41, 5.74) is 0.300. The molecule has 0 radical (unpaired) electrons. The van der Waals surface area contributed by atoms with Crippen LogP contribution in [-0.4, -0.2) is 48.1 Å². The number of anilines is 1. The van der Waals surface area contributed by atoms with Crippen LogP contribution in [-0.2, 0) is 0 Å². The van der Waals surface area contributed by atoms with Crippen LogP contribution >= 0.6 is 11.6 Å². The first kappa shape index (κ1) is 11.5. The molecule has 0 unspecified atom stereocenters. The Labute approximate surface area is 99.0 Å². The van der Waals surface area contributed by atoms with Crippen LogP contribution in [0.2, 0.25) is 5.15 Å². The summed E-state index contributed by atoms with van der Waals surface area (Å²) < 4.78 is 13.3. The fraction of sp³-hybridized carbons (Fsp3) is 0.600. The number of hydrogen-bond acceptors (Lipinski definition) is 4. The third-order valence-electron chi connectivity index (χ3n) is 2.75. The van der Waals surface area contributed by atoms with Crippen molar-refractivity contribution in [3.63, 3.8) is 0 Å². The maximum atomic E-state index is 13.3. The van der Waals surface area contributed by atoms with Gasteiger partial charge in [-0.1, -0.05) is 11.6 Å². The molecule has 1 aliphatic heterocycles. The summed E-state index contributed by atoms with van der Waals surface area (Å²) in [5.74, 6) is -0.00320. The summed E-state index contributed by atoms with van der Waals surface area (Å²) in [6, 6.07) is 0. The first-order valence-corrected chi connectivity index (χ1v) is 5.59. The zero-order valence-electron chi connectivity index (χ0n) is 9.37. The van der Waals surface area contributed by atoms with E-state index in [0.29, 0.717) is 11.6 Å². The van der Waals surface area contributed by atoms with Crippen LogP contribution < -0.4 is 4.90 Å². The second-order valence-corrected chi connectivity index (χ2v) is 4.36. The number of piperazine rings is 1. The summed E-state index contributed by atoms with van der Waals surface area (Å²) in [7, 11) is 2.07. The Balaban J connectivity index is 2.21. The molecule has 0 saturated carbocycles. The highest BCUT2D eigenvalue weighted by Gasteiger charge is 2.18. The van der Waals surface area contributed by atoms with Crippen molar-refractivity contribution in [3.8, 4) is 0 Å². The van der Waals surface area contributed by atoms with Crippen molar-refractivity contribution in [2.24, 2.45) is 0 Å². The fourth-order valence-corrected chi connectivity index (χ4v) is 1.87. The number of hydrogen-bond donors (Lipinski definition) is 0. The standard InChI is InChI=1S/C10H14ClFN4/c1-7-8(12)9(11)14-10(13-7)16-5-3-15(2)4-6-16/h3-6H2,1-2H3. The van der Waals surface area contributed by atoms with E-state index in [4.69, 9.17) is 11.6 Å². The SMILES string of the molecule is Cc1nc(N2CCN(C)CC2)nc(Cl)c1F. The molecule has 0 atom stereocenters. The van der Waals surface area contributed by atoms with Gasteiger partial charge in [0.1, 0.15) is 0 Å². The molecule has 0 N–H and O–H groups in total. The molecule has 16 heavy (non-hydrogen) atoms. The molecule has 1 saturated heterocycles. The maximum Gasteiger partial charge on any atom is 0.227 e. The normalized spacial score (nSPS) is 17.9. The van der Waals surface area contributed by atoms with E-state index in [9.17, 15) is 4.39 Å². The number of aryl methyl sites for hydroxylation is 1. The fourth-order valence-electron chi connectivity index (χ4n) is 1.66. The molecule has 0 aromatic carbocycles. The van der Waals surface area contributed by atoms with Crippen molar-refractivity contribution < 1.29 is 4.39 Å². The maximum absolute atomic E-state index is 13.3. The summed E-state index contributed by atoms with van der Waals surface area (Å²) in [6.45, 7) is 5.20. The minimum Gasteiger partial charge on any atom is -0.338 e. The Morgan fingerprint density at radius 3 is 2.38 bits per heavy atom. The van der Waals surface area contributed by atoms with Gasteiger partial charge in [0.15, 0.2) is 11.0 Å². The Morgan fingerprint density at radius 1 is 1.19 bits per heavy atom. The number of halogens is 2. The molecular formula is C10H14ClFN4. The van der Waals surface area contributed by atoms with Gasteiger partial charge in [-0.05, 0) is 14.0 Å². The van der Waals surface area contributed by atoms with E-state index < -0.39 is 5.82 Å². The van der Waals surface area contributed by atoms with E-state index in [1.807, 2.05) is 4.90 Å². The van der Waals surface area contributed by atoms with Crippen LogP contribution in [0.5, 0.6) is 0 Å². The van der Waals surface area contributed by atoms with Crippen molar-refractivity contribution in [2.75, 3.05) is 38.1 Å².